The van der Waals surface area contributed by atoms with E-state index >= 15 is 0 Å². The standard InChI is InChI=1S/C25H31N5O2S/c1-25(2,3)17-30-22-9-8-21(27-23(22)28(4)24(30)31)20-14-18(6-7-19(20)15-26)16-29-10-5-12-33(32)13-11-29/h6-9,14H,5,10-13,16-17H2,1-4H3. The molecule has 0 radical (unpaired) electrons. The van der Waals surface area contributed by atoms with Crippen LogP contribution < -0.4 is 5.69 Å². The minimum atomic E-state index is -0.722. The summed E-state index contributed by atoms with van der Waals surface area (Å²) in [6.45, 7) is 9.40. The Balaban J connectivity index is 1.72. The summed E-state index contributed by atoms with van der Waals surface area (Å²) < 4.78 is 15.2. The lowest BCUT2D eigenvalue weighted by Crippen LogP contribution is -2.27. The van der Waals surface area contributed by atoms with E-state index in [1.54, 1.807) is 16.2 Å². The van der Waals surface area contributed by atoms with Gasteiger partial charge in [0.25, 0.3) is 0 Å². The molecule has 33 heavy (non-hydrogen) atoms. The second kappa shape index (κ2) is 9.24. The third kappa shape index (κ3) is 5.10. The Morgan fingerprint density at radius 2 is 1.94 bits per heavy atom. The van der Waals surface area contributed by atoms with Gasteiger partial charge in [-0.1, -0.05) is 26.8 Å². The maximum atomic E-state index is 12.9. The predicted molar refractivity (Wildman–Crippen MR) is 132 cm³/mol. The van der Waals surface area contributed by atoms with Gasteiger partial charge in [-0.05, 0) is 48.2 Å². The van der Waals surface area contributed by atoms with Crippen molar-refractivity contribution < 1.29 is 4.21 Å². The van der Waals surface area contributed by atoms with Gasteiger partial charge in [0.1, 0.15) is 0 Å². The number of benzene rings is 1. The molecule has 1 aromatic carbocycles. The molecular formula is C25H31N5O2S. The number of nitriles is 1. The van der Waals surface area contributed by atoms with Crippen molar-refractivity contribution in [2.24, 2.45) is 12.5 Å². The van der Waals surface area contributed by atoms with Crippen molar-refractivity contribution in [2.75, 3.05) is 24.6 Å². The van der Waals surface area contributed by atoms with Crippen LogP contribution in [0.3, 0.4) is 0 Å². The van der Waals surface area contributed by atoms with Crippen molar-refractivity contribution in [2.45, 2.75) is 40.3 Å². The van der Waals surface area contributed by atoms with Crippen LogP contribution in [0.1, 0.15) is 38.3 Å². The van der Waals surface area contributed by atoms with Crippen molar-refractivity contribution in [1.82, 2.24) is 19.0 Å². The maximum Gasteiger partial charge on any atom is 0.330 e. The van der Waals surface area contributed by atoms with E-state index in [1.807, 2.05) is 30.3 Å². The van der Waals surface area contributed by atoms with Gasteiger partial charge in [0.05, 0.1) is 22.8 Å². The number of nitrogens with zero attached hydrogens (tertiary/aromatic N) is 5. The molecule has 1 unspecified atom stereocenters. The summed E-state index contributed by atoms with van der Waals surface area (Å²) >= 11 is 0. The van der Waals surface area contributed by atoms with Gasteiger partial charge in [0.2, 0.25) is 0 Å². The molecule has 1 saturated heterocycles. The van der Waals surface area contributed by atoms with Crippen LogP contribution in [0, 0.1) is 16.7 Å². The summed E-state index contributed by atoms with van der Waals surface area (Å²) in [5.41, 5.74) is 4.39. The lowest BCUT2D eigenvalue weighted by Gasteiger charge is -2.20. The molecular weight excluding hydrogens is 434 g/mol. The number of aromatic nitrogens is 3. The van der Waals surface area contributed by atoms with Gasteiger partial charge in [0, 0.05) is 54.6 Å². The highest BCUT2D eigenvalue weighted by Crippen LogP contribution is 2.27. The topological polar surface area (TPSA) is 83.9 Å². The fourth-order valence-corrected chi connectivity index (χ4v) is 5.48. The normalized spacial score (nSPS) is 17.7. The predicted octanol–water partition coefficient (Wildman–Crippen LogP) is 3.27. The fraction of sp³-hybridized carbons (Fsp3) is 0.480. The first kappa shape index (κ1) is 23.4. The molecule has 3 heterocycles. The van der Waals surface area contributed by atoms with Crippen LogP contribution >= 0.6 is 0 Å². The monoisotopic (exact) mass is 465 g/mol. The van der Waals surface area contributed by atoms with Crippen molar-refractivity contribution in [3.8, 4) is 17.3 Å². The SMILES string of the molecule is Cn1c(=O)n(CC(C)(C)C)c2ccc(-c3cc(CN4CCCS(=O)CC4)ccc3C#N)nc21. The molecule has 0 spiro atoms. The average molecular weight is 466 g/mol. The Kier molecular flexibility index (Phi) is 6.55. The van der Waals surface area contributed by atoms with E-state index in [9.17, 15) is 14.3 Å². The summed E-state index contributed by atoms with van der Waals surface area (Å²) in [5.74, 6) is 1.48. The first-order valence-corrected chi connectivity index (χ1v) is 12.8. The van der Waals surface area contributed by atoms with Gasteiger partial charge in [-0.15, -0.1) is 0 Å². The number of hydrogen-bond donors (Lipinski definition) is 0. The zero-order valence-corrected chi connectivity index (χ0v) is 20.6. The Labute approximate surface area is 197 Å². The summed E-state index contributed by atoms with van der Waals surface area (Å²) in [4.78, 5) is 20.0. The molecule has 0 amide bonds. The molecule has 0 N–H and O–H groups in total. The molecule has 3 aromatic rings. The highest BCUT2D eigenvalue weighted by molar-refractivity contribution is 7.85. The smallest absolute Gasteiger partial charge is 0.298 e. The number of pyridine rings is 1. The first-order valence-electron chi connectivity index (χ1n) is 11.3. The quantitative estimate of drug-likeness (QED) is 0.590. The van der Waals surface area contributed by atoms with E-state index in [4.69, 9.17) is 4.98 Å². The molecule has 2 aromatic heterocycles. The zero-order valence-electron chi connectivity index (χ0n) is 19.8. The molecule has 0 aliphatic carbocycles. The van der Waals surface area contributed by atoms with E-state index in [-0.39, 0.29) is 11.1 Å². The number of imidazole rings is 1. The minimum absolute atomic E-state index is 0.0426. The van der Waals surface area contributed by atoms with Crippen LogP contribution in [0.4, 0.5) is 0 Å². The Bertz CT molecular complexity index is 1310. The van der Waals surface area contributed by atoms with Gasteiger partial charge in [-0.25, -0.2) is 9.78 Å². The highest BCUT2D eigenvalue weighted by Gasteiger charge is 2.20. The number of aryl methyl sites for hydroxylation is 1. The van der Waals surface area contributed by atoms with Crippen molar-refractivity contribution in [3.63, 3.8) is 0 Å². The van der Waals surface area contributed by atoms with Crippen LogP contribution in [-0.4, -0.2) is 47.8 Å². The molecule has 8 heteroatoms. The second-order valence-corrected chi connectivity index (χ2v) is 11.7. The lowest BCUT2D eigenvalue weighted by molar-refractivity contribution is 0.287. The summed E-state index contributed by atoms with van der Waals surface area (Å²) in [6, 6.07) is 12.0. The zero-order chi connectivity index (χ0) is 23.8. The number of hydrogen-bond acceptors (Lipinski definition) is 5. The van der Waals surface area contributed by atoms with E-state index in [0.29, 0.717) is 29.2 Å². The van der Waals surface area contributed by atoms with E-state index in [2.05, 4.69) is 31.7 Å². The van der Waals surface area contributed by atoms with Gasteiger partial charge < -0.3 is 0 Å². The van der Waals surface area contributed by atoms with Crippen LogP contribution in [0.15, 0.2) is 35.1 Å². The van der Waals surface area contributed by atoms with Crippen LogP contribution in [0.5, 0.6) is 0 Å². The molecule has 0 saturated carbocycles. The van der Waals surface area contributed by atoms with Crippen molar-refractivity contribution >= 4 is 22.0 Å². The molecule has 1 aliphatic rings. The lowest BCUT2D eigenvalue weighted by atomic mass is 9.97. The Hall–Kier alpha value is -2.76. The number of fused-ring (bicyclic) bond motifs is 1. The highest BCUT2D eigenvalue weighted by atomic mass is 32.2. The van der Waals surface area contributed by atoms with Crippen molar-refractivity contribution in [1.29, 1.82) is 5.26 Å². The van der Waals surface area contributed by atoms with Crippen LogP contribution in [0.2, 0.25) is 0 Å². The fourth-order valence-electron chi connectivity index (χ4n) is 4.36. The number of rotatable bonds is 4. The van der Waals surface area contributed by atoms with E-state index in [1.165, 1.54) is 0 Å². The Morgan fingerprint density at radius 3 is 2.67 bits per heavy atom. The molecule has 7 nitrogen and oxygen atoms in total. The summed E-state index contributed by atoms with van der Waals surface area (Å²) in [6.07, 6.45) is 0.938. The largest absolute Gasteiger partial charge is 0.330 e. The second-order valence-electron chi connectivity index (χ2n) is 10.00. The van der Waals surface area contributed by atoms with E-state index in [0.717, 1.165) is 48.5 Å². The average Bonchev–Trinajstić information content (AvgIpc) is 2.90. The van der Waals surface area contributed by atoms with Gasteiger partial charge in [-0.3, -0.25) is 18.2 Å². The molecule has 1 aliphatic heterocycles. The molecule has 1 atom stereocenters. The molecule has 4 rings (SSSR count). The molecule has 0 bridgehead atoms. The maximum absolute atomic E-state index is 12.9. The van der Waals surface area contributed by atoms with Crippen LogP contribution in [0.25, 0.3) is 22.4 Å². The third-order valence-corrected chi connectivity index (χ3v) is 7.36. The van der Waals surface area contributed by atoms with Crippen LogP contribution in [-0.2, 0) is 30.9 Å². The summed E-state index contributed by atoms with van der Waals surface area (Å²) in [7, 11) is 1.02. The summed E-state index contributed by atoms with van der Waals surface area (Å²) in [5, 5.41) is 9.72. The molecule has 1 fully saturated rings. The van der Waals surface area contributed by atoms with Gasteiger partial charge in [0.15, 0.2) is 5.65 Å². The van der Waals surface area contributed by atoms with Gasteiger partial charge >= 0.3 is 5.69 Å². The Morgan fingerprint density at radius 1 is 1.15 bits per heavy atom. The van der Waals surface area contributed by atoms with Crippen molar-refractivity contribution in [3.05, 3.63) is 51.9 Å². The molecule has 174 valence electrons. The van der Waals surface area contributed by atoms with E-state index < -0.39 is 10.8 Å². The minimum Gasteiger partial charge on any atom is -0.298 e. The third-order valence-electron chi connectivity index (χ3n) is 5.98. The van der Waals surface area contributed by atoms with Gasteiger partial charge in [-0.2, -0.15) is 5.26 Å². The first-order chi connectivity index (χ1) is 15.7.